The molecule has 0 radical (unpaired) electrons. The molecular formula is C8H13NO3. The van der Waals surface area contributed by atoms with E-state index >= 15 is 0 Å². The molecule has 0 aromatic rings. The van der Waals surface area contributed by atoms with Crippen molar-refractivity contribution in [3.05, 3.63) is 0 Å². The van der Waals surface area contributed by atoms with Crippen LogP contribution in [-0.4, -0.2) is 35.3 Å². The summed E-state index contributed by atoms with van der Waals surface area (Å²) < 4.78 is 0. The molecule has 1 heterocycles. The molecule has 0 aromatic heterocycles. The van der Waals surface area contributed by atoms with Gasteiger partial charge < -0.3 is 5.11 Å². The molecule has 0 aromatic carbocycles. The Morgan fingerprint density at radius 2 is 2.33 bits per heavy atom. The molecule has 1 saturated heterocycles. The minimum Gasteiger partial charge on any atom is -0.391 e. The van der Waals surface area contributed by atoms with Gasteiger partial charge in [0, 0.05) is 6.42 Å². The van der Waals surface area contributed by atoms with E-state index in [1.165, 1.54) is 12.2 Å². The average Bonchev–Trinajstić information content (AvgIpc) is 2.52. The van der Waals surface area contributed by atoms with Crippen LogP contribution in [0.25, 0.3) is 0 Å². The molecule has 1 aliphatic heterocycles. The van der Waals surface area contributed by atoms with Gasteiger partial charge in [0.2, 0.25) is 5.91 Å². The van der Waals surface area contributed by atoms with Crippen LogP contribution in [0.5, 0.6) is 0 Å². The van der Waals surface area contributed by atoms with Gasteiger partial charge in [0.25, 0.3) is 0 Å². The van der Waals surface area contributed by atoms with Gasteiger partial charge in [-0.05, 0) is 18.8 Å². The Balaban J connectivity index is 2.18. The maximum atomic E-state index is 11.3. The minimum absolute atomic E-state index is 0.00579. The number of aliphatic hydroxyl groups excluding tert-OH is 1. The molecule has 68 valence electrons. The lowest BCUT2D eigenvalue weighted by Gasteiger charge is -2.23. The van der Waals surface area contributed by atoms with Crippen molar-refractivity contribution in [1.82, 2.24) is 5.06 Å². The van der Waals surface area contributed by atoms with Gasteiger partial charge in [0.05, 0.1) is 19.3 Å². The molecule has 1 saturated carbocycles. The zero-order valence-corrected chi connectivity index (χ0v) is 7.06. The number of hydrogen-bond donors (Lipinski definition) is 1. The van der Waals surface area contributed by atoms with Crippen LogP contribution in [-0.2, 0) is 9.63 Å². The van der Waals surface area contributed by atoms with Crippen LogP contribution in [0.3, 0.4) is 0 Å². The lowest BCUT2D eigenvalue weighted by Crippen LogP contribution is -2.39. The van der Waals surface area contributed by atoms with E-state index in [2.05, 4.69) is 0 Å². The van der Waals surface area contributed by atoms with Gasteiger partial charge in [0.15, 0.2) is 0 Å². The summed E-state index contributed by atoms with van der Waals surface area (Å²) in [6.07, 6.45) is 1.89. The Morgan fingerprint density at radius 3 is 3.00 bits per heavy atom. The number of carbonyl (C=O) groups is 1. The summed E-state index contributed by atoms with van der Waals surface area (Å²) in [6, 6.07) is -0.0810. The Morgan fingerprint density at radius 1 is 1.58 bits per heavy atom. The van der Waals surface area contributed by atoms with E-state index in [4.69, 9.17) is 4.84 Å². The van der Waals surface area contributed by atoms with E-state index in [0.29, 0.717) is 12.3 Å². The zero-order chi connectivity index (χ0) is 8.72. The Kier molecular flexibility index (Phi) is 1.81. The molecule has 2 aliphatic rings. The first-order chi connectivity index (χ1) is 5.74. The molecule has 1 amide bonds. The molecule has 3 unspecified atom stereocenters. The maximum Gasteiger partial charge on any atom is 0.246 e. The lowest BCUT2D eigenvalue weighted by atomic mass is 10.0. The first-order valence-corrected chi connectivity index (χ1v) is 4.28. The number of nitrogens with zero attached hydrogens (tertiary/aromatic N) is 1. The first kappa shape index (κ1) is 8.01. The number of hydroxylamine groups is 2. The summed E-state index contributed by atoms with van der Waals surface area (Å²) in [5.74, 6) is 0.318. The maximum absolute atomic E-state index is 11.3. The fraction of sp³-hybridized carbons (Fsp3) is 0.875. The number of hydrogen-bond acceptors (Lipinski definition) is 3. The molecule has 2 rings (SSSR count). The number of carbonyl (C=O) groups excluding carboxylic acids is 1. The van der Waals surface area contributed by atoms with Crippen LogP contribution >= 0.6 is 0 Å². The highest BCUT2D eigenvalue weighted by molar-refractivity contribution is 5.78. The molecule has 1 aliphatic carbocycles. The lowest BCUT2D eigenvalue weighted by molar-refractivity contribution is -0.185. The first-order valence-electron chi connectivity index (χ1n) is 4.28. The summed E-state index contributed by atoms with van der Waals surface area (Å²) in [5, 5.41) is 10.9. The van der Waals surface area contributed by atoms with E-state index in [-0.39, 0.29) is 18.1 Å². The van der Waals surface area contributed by atoms with E-state index in [1.54, 1.807) is 0 Å². The van der Waals surface area contributed by atoms with Crippen molar-refractivity contribution in [2.75, 3.05) is 7.11 Å². The number of aliphatic hydroxyl groups is 1. The second-order valence-corrected chi connectivity index (χ2v) is 3.50. The van der Waals surface area contributed by atoms with Crippen LogP contribution in [0.4, 0.5) is 0 Å². The van der Waals surface area contributed by atoms with Crippen LogP contribution in [0, 0.1) is 5.92 Å². The summed E-state index contributed by atoms with van der Waals surface area (Å²) in [6.45, 7) is 0. The fourth-order valence-electron chi connectivity index (χ4n) is 2.32. The smallest absolute Gasteiger partial charge is 0.246 e. The van der Waals surface area contributed by atoms with Gasteiger partial charge in [-0.2, -0.15) is 0 Å². The van der Waals surface area contributed by atoms with Crippen molar-refractivity contribution < 1.29 is 14.7 Å². The molecule has 3 atom stereocenters. The van der Waals surface area contributed by atoms with Crippen molar-refractivity contribution in [1.29, 1.82) is 0 Å². The molecule has 4 nitrogen and oxygen atoms in total. The van der Waals surface area contributed by atoms with Crippen molar-refractivity contribution in [2.45, 2.75) is 31.4 Å². The Bertz CT molecular complexity index is 206. The Labute approximate surface area is 71.1 Å². The predicted octanol–water partition coefficient (Wildman–Crippen LogP) is -0.0804. The van der Waals surface area contributed by atoms with Crippen LogP contribution in [0.15, 0.2) is 0 Å². The topological polar surface area (TPSA) is 49.8 Å². The van der Waals surface area contributed by atoms with Crippen LogP contribution < -0.4 is 0 Å². The van der Waals surface area contributed by atoms with Gasteiger partial charge in [-0.1, -0.05) is 0 Å². The van der Waals surface area contributed by atoms with Gasteiger partial charge in [0.1, 0.15) is 0 Å². The van der Waals surface area contributed by atoms with Crippen LogP contribution in [0.1, 0.15) is 19.3 Å². The second-order valence-electron chi connectivity index (χ2n) is 3.50. The number of fused-ring (bicyclic) bond motifs is 1. The normalized spacial score (nSPS) is 40.7. The summed E-state index contributed by atoms with van der Waals surface area (Å²) in [5.41, 5.74) is 0. The fourth-order valence-corrected chi connectivity index (χ4v) is 2.32. The van der Waals surface area contributed by atoms with E-state index in [9.17, 15) is 9.90 Å². The van der Waals surface area contributed by atoms with E-state index in [0.717, 1.165) is 12.8 Å². The standard InChI is InChI=1S/C8H13NO3/c1-12-9-7(11)4-5-2-3-6(10)8(5)9/h5-6,8,10H,2-4H2,1H3. The van der Waals surface area contributed by atoms with E-state index < -0.39 is 0 Å². The molecular weight excluding hydrogens is 158 g/mol. The van der Waals surface area contributed by atoms with Crippen molar-refractivity contribution >= 4 is 5.91 Å². The van der Waals surface area contributed by atoms with Gasteiger partial charge >= 0.3 is 0 Å². The SMILES string of the molecule is CON1C(=O)CC2CCC(O)C21. The van der Waals surface area contributed by atoms with Crippen molar-refractivity contribution in [3.63, 3.8) is 0 Å². The highest BCUT2D eigenvalue weighted by atomic mass is 16.7. The predicted molar refractivity (Wildman–Crippen MR) is 41.0 cm³/mol. The molecule has 1 N–H and O–H groups in total. The minimum atomic E-state index is -0.388. The Hall–Kier alpha value is -0.610. The largest absolute Gasteiger partial charge is 0.391 e. The number of rotatable bonds is 1. The summed E-state index contributed by atoms with van der Waals surface area (Å²) in [4.78, 5) is 16.2. The van der Waals surface area contributed by atoms with Gasteiger partial charge in [-0.3, -0.25) is 9.63 Å². The third-order valence-corrected chi connectivity index (χ3v) is 2.86. The second kappa shape index (κ2) is 2.71. The average molecular weight is 171 g/mol. The molecule has 0 spiro atoms. The third kappa shape index (κ3) is 0.949. The number of amides is 1. The third-order valence-electron chi connectivity index (χ3n) is 2.86. The zero-order valence-electron chi connectivity index (χ0n) is 7.06. The molecule has 2 fully saturated rings. The van der Waals surface area contributed by atoms with Gasteiger partial charge in [-0.25, -0.2) is 5.06 Å². The van der Waals surface area contributed by atoms with Crippen LogP contribution in [0.2, 0.25) is 0 Å². The van der Waals surface area contributed by atoms with E-state index in [1.807, 2.05) is 0 Å². The van der Waals surface area contributed by atoms with Gasteiger partial charge in [-0.15, -0.1) is 0 Å². The molecule has 0 bridgehead atoms. The monoisotopic (exact) mass is 171 g/mol. The quantitative estimate of drug-likeness (QED) is 0.600. The van der Waals surface area contributed by atoms with Crippen molar-refractivity contribution in [3.8, 4) is 0 Å². The highest BCUT2D eigenvalue weighted by Crippen LogP contribution is 2.38. The highest BCUT2D eigenvalue weighted by Gasteiger charge is 2.48. The summed E-state index contributed by atoms with van der Waals surface area (Å²) in [7, 11) is 1.48. The summed E-state index contributed by atoms with van der Waals surface area (Å²) >= 11 is 0. The molecule has 4 heteroatoms. The van der Waals surface area contributed by atoms with Crippen molar-refractivity contribution in [2.24, 2.45) is 5.92 Å². The molecule has 12 heavy (non-hydrogen) atoms.